The number of anilines is 1. The molecule has 2 aromatic carbocycles. The van der Waals surface area contributed by atoms with Crippen molar-refractivity contribution in [2.75, 3.05) is 31.5 Å². The van der Waals surface area contributed by atoms with E-state index in [2.05, 4.69) is 36.2 Å². The van der Waals surface area contributed by atoms with Gasteiger partial charge in [0.25, 0.3) is 5.91 Å². The van der Waals surface area contributed by atoms with Crippen LogP contribution in [0.5, 0.6) is 0 Å². The predicted octanol–water partition coefficient (Wildman–Crippen LogP) is 5.42. The molecule has 0 spiro atoms. The number of carbonyl (C=O) groups excluding carboxylic acids is 2. The maximum Gasteiger partial charge on any atom is 0.253 e. The van der Waals surface area contributed by atoms with Gasteiger partial charge in [-0.25, -0.2) is 0 Å². The maximum atomic E-state index is 13.4. The van der Waals surface area contributed by atoms with Crippen LogP contribution < -0.4 is 5.32 Å². The molecule has 1 aliphatic carbocycles. The zero-order chi connectivity index (χ0) is 23.4. The van der Waals surface area contributed by atoms with Gasteiger partial charge in [0.15, 0.2) is 0 Å². The molecule has 6 heteroatoms. The monoisotopic (exact) mass is 467 g/mol. The highest BCUT2D eigenvalue weighted by atomic mass is 35.5. The maximum absolute atomic E-state index is 13.4. The van der Waals surface area contributed by atoms with Gasteiger partial charge in [0.05, 0.1) is 6.04 Å². The Balaban J connectivity index is 1.42. The second-order valence-electron chi connectivity index (χ2n) is 9.59. The third kappa shape index (κ3) is 5.77. The number of halogens is 1. The molecular weight excluding hydrogens is 434 g/mol. The van der Waals surface area contributed by atoms with Crippen LogP contribution in [0.25, 0.3) is 0 Å². The van der Waals surface area contributed by atoms with Gasteiger partial charge in [-0.05, 0) is 60.6 Å². The van der Waals surface area contributed by atoms with Crippen LogP contribution in [0.4, 0.5) is 5.69 Å². The standard InChI is InChI=1S/C27H34ClN3O2/c1-19(2)20-10-12-24(13-11-20)29-26(32)25(21-6-3-4-7-21)30-14-16-31(17-15-30)27(33)22-8-5-9-23(28)18-22/h5,8-13,18-19,21,25H,3-4,6-7,14-17H2,1-2H3,(H,29,32)/t25-/m1/s1. The minimum atomic E-state index is -0.152. The van der Waals surface area contributed by atoms with Crippen molar-refractivity contribution in [2.24, 2.45) is 5.92 Å². The molecule has 0 radical (unpaired) electrons. The fourth-order valence-electron chi connectivity index (χ4n) is 5.13. The van der Waals surface area contributed by atoms with E-state index in [1.165, 1.54) is 18.4 Å². The number of amides is 2. The SMILES string of the molecule is CC(C)c1ccc(NC(=O)[C@@H](C2CCCC2)N2CCN(C(=O)c3cccc(Cl)c3)CC2)cc1. The summed E-state index contributed by atoms with van der Waals surface area (Å²) in [6.45, 7) is 6.97. The van der Waals surface area contributed by atoms with E-state index in [0.29, 0.717) is 48.6 Å². The lowest BCUT2D eigenvalue weighted by Gasteiger charge is -2.40. The molecule has 2 amide bonds. The first-order valence-electron chi connectivity index (χ1n) is 12.1. The van der Waals surface area contributed by atoms with Crippen molar-refractivity contribution in [3.63, 3.8) is 0 Å². The second kappa shape index (κ2) is 10.7. The van der Waals surface area contributed by atoms with Crippen LogP contribution >= 0.6 is 11.6 Å². The van der Waals surface area contributed by atoms with Crippen LogP contribution in [0.3, 0.4) is 0 Å². The summed E-state index contributed by atoms with van der Waals surface area (Å²) in [7, 11) is 0. The van der Waals surface area contributed by atoms with E-state index in [1.54, 1.807) is 24.3 Å². The van der Waals surface area contributed by atoms with Crippen LogP contribution in [0.15, 0.2) is 48.5 Å². The minimum absolute atomic E-state index is 0.00394. The summed E-state index contributed by atoms with van der Waals surface area (Å²) in [5.74, 6) is 0.917. The summed E-state index contributed by atoms with van der Waals surface area (Å²) in [5, 5.41) is 3.74. The summed E-state index contributed by atoms with van der Waals surface area (Å²) >= 11 is 6.07. The third-order valence-corrected chi connectivity index (χ3v) is 7.26. The third-order valence-electron chi connectivity index (χ3n) is 7.03. The van der Waals surface area contributed by atoms with Crippen molar-refractivity contribution in [1.82, 2.24) is 9.80 Å². The zero-order valence-electron chi connectivity index (χ0n) is 19.6. The Kier molecular flexibility index (Phi) is 7.71. The quantitative estimate of drug-likeness (QED) is 0.617. The van der Waals surface area contributed by atoms with Gasteiger partial charge < -0.3 is 10.2 Å². The Morgan fingerprint density at radius 3 is 2.24 bits per heavy atom. The van der Waals surface area contributed by atoms with Gasteiger partial charge in [-0.1, -0.05) is 56.5 Å². The summed E-state index contributed by atoms with van der Waals surface area (Å²) < 4.78 is 0. The lowest BCUT2D eigenvalue weighted by molar-refractivity contribution is -0.123. The number of nitrogens with zero attached hydrogens (tertiary/aromatic N) is 2. The number of rotatable bonds is 6. The van der Waals surface area contributed by atoms with E-state index in [-0.39, 0.29) is 17.9 Å². The smallest absolute Gasteiger partial charge is 0.253 e. The molecule has 1 atom stereocenters. The van der Waals surface area contributed by atoms with E-state index in [1.807, 2.05) is 17.0 Å². The van der Waals surface area contributed by atoms with Crippen molar-refractivity contribution in [1.29, 1.82) is 0 Å². The van der Waals surface area contributed by atoms with Crippen LogP contribution in [-0.4, -0.2) is 53.8 Å². The van der Waals surface area contributed by atoms with Crippen LogP contribution in [0, 0.1) is 5.92 Å². The highest BCUT2D eigenvalue weighted by Gasteiger charge is 2.37. The first kappa shape index (κ1) is 23.8. The first-order valence-corrected chi connectivity index (χ1v) is 12.5. The van der Waals surface area contributed by atoms with E-state index < -0.39 is 0 Å². The van der Waals surface area contributed by atoms with Crippen LogP contribution in [0.2, 0.25) is 5.02 Å². The topological polar surface area (TPSA) is 52.7 Å². The van der Waals surface area contributed by atoms with E-state index in [9.17, 15) is 9.59 Å². The van der Waals surface area contributed by atoms with Gasteiger partial charge in [0, 0.05) is 42.5 Å². The van der Waals surface area contributed by atoms with E-state index >= 15 is 0 Å². The highest BCUT2D eigenvalue weighted by molar-refractivity contribution is 6.30. The molecule has 0 bridgehead atoms. The molecule has 0 aromatic heterocycles. The molecule has 2 fully saturated rings. The van der Waals surface area contributed by atoms with Crippen LogP contribution in [0.1, 0.15) is 61.4 Å². The van der Waals surface area contributed by atoms with Crippen LogP contribution in [-0.2, 0) is 4.79 Å². The predicted molar refractivity (Wildman–Crippen MR) is 134 cm³/mol. The number of hydrogen-bond donors (Lipinski definition) is 1. The molecule has 1 N–H and O–H groups in total. The van der Waals surface area contributed by atoms with Gasteiger partial charge >= 0.3 is 0 Å². The van der Waals surface area contributed by atoms with Crippen molar-refractivity contribution in [3.05, 3.63) is 64.7 Å². The lowest BCUT2D eigenvalue weighted by atomic mass is 9.94. The summed E-state index contributed by atoms with van der Waals surface area (Å²) in [5.41, 5.74) is 2.73. The number of benzene rings is 2. The zero-order valence-corrected chi connectivity index (χ0v) is 20.4. The molecule has 1 saturated heterocycles. The molecule has 1 saturated carbocycles. The molecule has 33 heavy (non-hydrogen) atoms. The molecule has 1 aliphatic heterocycles. The normalized spacial score (nSPS) is 18.5. The Labute approximate surface area is 202 Å². The van der Waals surface area contributed by atoms with E-state index in [0.717, 1.165) is 18.5 Å². The van der Waals surface area contributed by atoms with Crippen molar-refractivity contribution >= 4 is 29.1 Å². The molecule has 1 heterocycles. The number of nitrogens with one attached hydrogen (secondary N) is 1. The molecule has 5 nitrogen and oxygen atoms in total. The molecule has 2 aliphatic rings. The van der Waals surface area contributed by atoms with Gasteiger partial charge in [0.2, 0.25) is 5.91 Å². The second-order valence-corrected chi connectivity index (χ2v) is 10.0. The molecule has 176 valence electrons. The number of carbonyl (C=O) groups is 2. The average molecular weight is 468 g/mol. The molecular formula is C27H34ClN3O2. The van der Waals surface area contributed by atoms with Crippen molar-refractivity contribution in [3.8, 4) is 0 Å². The Bertz CT molecular complexity index is 962. The number of hydrogen-bond acceptors (Lipinski definition) is 3. The van der Waals surface area contributed by atoms with E-state index in [4.69, 9.17) is 11.6 Å². The summed E-state index contributed by atoms with van der Waals surface area (Å²) in [4.78, 5) is 30.5. The van der Waals surface area contributed by atoms with Gasteiger partial charge in [-0.2, -0.15) is 0 Å². The largest absolute Gasteiger partial charge is 0.336 e. The first-order chi connectivity index (χ1) is 15.9. The number of piperazine rings is 1. The van der Waals surface area contributed by atoms with Gasteiger partial charge in [-0.3, -0.25) is 14.5 Å². The Hall–Kier alpha value is -2.37. The van der Waals surface area contributed by atoms with Gasteiger partial charge in [-0.15, -0.1) is 0 Å². The van der Waals surface area contributed by atoms with Gasteiger partial charge in [0.1, 0.15) is 0 Å². The lowest BCUT2D eigenvalue weighted by Crippen LogP contribution is -2.56. The molecule has 2 aromatic rings. The van der Waals surface area contributed by atoms with Crippen molar-refractivity contribution in [2.45, 2.75) is 51.5 Å². The fraction of sp³-hybridized carbons (Fsp3) is 0.481. The average Bonchev–Trinajstić information content (AvgIpc) is 3.34. The summed E-state index contributed by atoms with van der Waals surface area (Å²) in [6.07, 6.45) is 4.55. The highest BCUT2D eigenvalue weighted by Crippen LogP contribution is 2.32. The Morgan fingerprint density at radius 1 is 0.970 bits per heavy atom. The fourth-order valence-corrected chi connectivity index (χ4v) is 5.32. The molecule has 4 rings (SSSR count). The minimum Gasteiger partial charge on any atom is -0.336 e. The summed E-state index contributed by atoms with van der Waals surface area (Å²) in [6, 6.07) is 15.1. The molecule has 0 unspecified atom stereocenters. The Morgan fingerprint density at radius 2 is 1.64 bits per heavy atom. The van der Waals surface area contributed by atoms with Crippen molar-refractivity contribution < 1.29 is 9.59 Å².